The summed E-state index contributed by atoms with van der Waals surface area (Å²) in [5, 5.41) is 3.33. The van der Waals surface area contributed by atoms with Crippen molar-refractivity contribution in [1.82, 2.24) is 9.97 Å². The molecule has 1 aliphatic rings. The number of nitrogens with zero attached hydrogens (tertiary/aromatic N) is 2. The Morgan fingerprint density at radius 2 is 2.10 bits per heavy atom. The van der Waals surface area contributed by atoms with Crippen LogP contribution < -0.4 is 15.8 Å². The minimum Gasteiger partial charge on any atom is -0.475 e. The first kappa shape index (κ1) is 15.0. The molecule has 0 bridgehead atoms. The number of ether oxygens (including phenoxy) is 1. The zero-order valence-electron chi connectivity index (χ0n) is 12.5. The van der Waals surface area contributed by atoms with Crippen molar-refractivity contribution in [3.05, 3.63) is 12.3 Å². The Balaban J connectivity index is 1.89. The van der Waals surface area contributed by atoms with Gasteiger partial charge in [0.15, 0.2) is 0 Å². The summed E-state index contributed by atoms with van der Waals surface area (Å²) in [5.41, 5.74) is 5.86. The second-order valence-electron chi connectivity index (χ2n) is 5.81. The van der Waals surface area contributed by atoms with Gasteiger partial charge in [-0.25, -0.2) is 4.98 Å². The highest BCUT2D eigenvalue weighted by Gasteiger charge is 2.23. The van der Waals surface area contributed by atoms with Crippen molar-refractivity contribution in [1.29, 1.82) is 0 Å². The number of hydrogen-bond acceptors (Lipinski definition) is 5. The molecule has 112 valence electrons. The van der Waals surface area contributed by atoms with Crippen molar-refractivity contribution in [3.63, 3.8) is 0 Å². The van der Waals surface area contributed by atoms with Gasteiger partial charge in [0.25, 0.3) is 0 Å². The fourth-order valence-corrected chi connectivity index (χ4v) is 2.82. The average Bonchev–Trinajstić information content (AvgIpc) is 2.45. The monoisotopic (exact) mass is 278 g/mol. The molecule has 0 spiro atoms. The molecule has 1 fully saturated rings. The van der Waals surface area contributed by atoms with Gasteiger partial charge in [0.1, 0.15) is 0 Å². The van der Waals surface area contributed by atoms with Crippen molar-refractivity contribution in [2.75, 3.05) is 18.4 Å². The van der Waals surface area contributed by atoms with E-state index in [0.29, 0.717) is 23.7 Å². The molecular formula is C15H26N4O. The van der Waals surface area contributed by atoms with Gasteiger partial charge in [-0.05, 0) is 45.1 Å². The van der Waals surface area contributed by atoms with Crippen molar-refractivity contribution in [2.45, 2.75) is 45.6 Å². The smallest absolute Gasteiger partial charge is 0.225 e. The molecule has 0 saturated heterocycles. The molecule has 1 aromatic rings. The summed E-state index contributed by atoms with van der Waals surface area (Å²) < 4.78 is 5.58. The highest BCUT2D eigenvalue weighted by atomic mass is 16.5. The quantitative estimate of drug-likeness (QED) is 0.836. The van der Waals surface area contributed by atoms with Gasteiger partial charge in [0.05, 0.1) is 6.10 Å². The number of nitrogens with one attached hydrogen (secondary N) is 1. The second kappa shape index (κ2) is 7.43. The molecule has 0 amide bonds. The third kappa shape index (κ3) is 4.34. The van der Waals surface area contributed by atoms with Gasteiger partial charge in [-0.15, -0.1) is 0 Å². The van der Waals surface area contributed by atoms with Gasteiger partial charge in [-0.1, -0.05) is 12.8 Å². The van der Waals surface area contributed by atoms with E-state index < -0.39 is 0 Å². The third-order valence-electron chi connectivity index (χ3n) is 3.88. The number of hydrogen-bond donors (Lipinski definition) is 2. The van der Waals surface area contributed by atoms with Gasteiger partial charge in [-0.2, -0.15) is 4.98 Å². The van der Waals surface area contributed by atoms with Crippen LogP contribution in [0.1, 0.15) is 39.5 Å². The summed E-state index contributed by atoms with van der Waals surface area (Å²) in [6.07, 6.45) is 6.97. The van der Waals surface area contributed by atoms with Gasteiger partial charge < -0.3 is 15.8 Å². The lowest BCUT2D eigenvalue weighted by molar-refractivity contribution is 0.232. The molecule has 0 aromatic carbocycles. The minimum absolute atomic E-state index is 0.123. The second-order valence-corrected chi connectivity index (χ2v) is 5.81. The number of aromatic nitrogens is 2. The van der Waals surface area contributed by atoms with Crippen LogP contribution in [0.5, 0.6) is 5.88 Å². The van der Waals surface area contributed by atoms with E-state index in [2.05, 4.69) is 15.3 Å². The van der Waals surface area contributed by atoms with Crippen LogP contribution in [0.2, 0.25) is 0 Å². The maximum absolute atomic E-state index is 5.86. The molecule has 2 rings (SSSR count). The number of rotatable bonds is 6. The molecular weight excluding hydrogens is 252 g/mol. The first-order valence-electron chi connectivity index (χ1n) is 7.62. The standard InChI is InChI=1S/C15H26N4O/c1-11(2)20-14-7-8-17-15(19-14)18-10-13-6-4-3-5-12(13)9-16/h7-8,11-13H,3-6,9-10,16H2,1-2H3,(H,17,18,19). The zero-order chi connectivity index (χ0) is 14.4. The molecule has 1 saturated carbocycles. The van der Waals surface area contributed by atoms with Crippen LogP contribution in [0.15, 0.2) is 12.3 Å². The van der Waals surface area contributed by atoms with Gasteiger partial charge in [0, 0.05) is 18.8 Å². The summed E-state index contributed by atoms with van der Waals surface area (Å²) in [5.74, 6) is 2.53. The maximum atomic E-state index is 5.86. The van der Waals surface area contributed by atoms with E-state index in [1.54, 1.807) is 12.3 Å². The Labute approximate surface area is 121 Å². The van der Waals surface area contributed by atoms with Crippen LogP contribution in [-0.2, 0) is 0 Å². The normalized spacial score (nSPS) is 22.8. The lowest BCUT2D eigenvalue weighted by atomic mass is 9.79. The van der Waals surface area contributed by atoms with Crippen LogP contribution in [0.3, 0.4) is 0 Å². The molecule has 1 heterocycles. The Morgan fingerprint density at radius 1 is 1.35 bits per heavy atom. The first-order chi connectivity index (χ1) is 9.69. The van der Waals surface area contributed by atoms with E-state index in [1.807, 2.05) is 13.8 Å². The van der Waals surface area contributed by atoms with E-state index in [-0.39, 0.29) is 6.10 Å². The molecule has 2 atom stereocenters. The number of nitrogens with two attached hydrogens (primary N) is 1. The molecule has 2 unspecified atom stereocenters. The fourth-order valence-electron chi connectivity index (χ4n) is 2.82. The Kier molecular flexibility index (Phi) is 5.59. The van der Waals surface area contributed by atoms with Crippen molar-refractivity contribution in [2.24, 2.45) is 17.6 Å². The first-order valence-corrected chi connectivity index (χ1v) is 7.62. The Bertz CT molecular complexity index is 411. The predicted octanol–water partition coefficient (Wildman–Crippen LogP) is 2.44. The predicted molar refractivity (Wildman–Crippen MR) is 80.8 cm³/mol. The molecule has 20 heavy (non-hydrogen) atoms. The summed E-state index contributed by atoms with van der Waals surface area (Å²) in [7, 11) is 0. The molecule has 3 N–H and O–H groups in total. The molecule has 1 aliphatic carbocycles. The van der Waals surface area contributed by atoms with Gasteiger partial charge in [0.2, 0.25) is 11.8 Å². The van der Waals surface area contributed by atoms with Crippen molar-refractivity contribution >= 4 is 5.95 Å². The lowest BCUT2D eigenvalue weighted by Crippen LogP contribution is -2.31. The Morgan fingerprint density at radius 3 is 2.80 bits per heavy atom. The van der Waals surface area contributed by atoms with Crippen LogP contribution in [-0.4, -0.2) is 29.2 Å². The highest BCUT2D eigenvalue weighted by molar-refractivity contribution is 5.27. The largest absolute Gasteiger partial charge is 0.475 e. The lowest BCUT2D eigenvalue weighted by Gasteiger charge is -2.30. The molecule has 0 aliphatic heterocycles. The summed E-state index contributed by atoms with van der Waals surface area (Å²) in [6, 6.07) is 1.79. The molecule has 5 heteroatoms. The molecule has 1 aromatic heterocycles. The van der Waals surface area contributed by atoms with Crippen molar-refractivity contribution in [3.8, 4) is 5.88 Å². The van der Waals surface area contributed by atoms with Gasteiger partial charge in [-0.3, -0.25) is 0 Å². The van der Waals surface area contributed by atoms with Gasteiger partial charge >= 0.3 is 0 Å². The van der Waals surface area contributed by atoms with E-state index >= 15 is 0 Å². The van der Waals surface area contributed by atoms with E-state index in [9.17, 15) is 0 Å². The summed E-state index contributed by atoms with van der Waals surface area (Å²) >= 11 is 0. The van der Waals surface area contributed by atoms with Crippen LogP contribution >= 0.6 is 0 Å². The number of anilines is 1. The van der Waals surface area contributed by atoms with Crippen LogP contribution in [0.25, 0.3) is 0 Å². The van der Waals surface area contributed by atoms with Crippen LogP contribution in [0, 0.1) is 11.8 Å². The Hall–Kier alpha value is -1.36. The third-order valence-corrected chi connectivity index (χ3v) is 3.88. The summed E-state index contributed by atoms with van der Waals surface area (Å²) in [6.45, 7) is 5.66. The van der Waals surface area contributed by atoms with Crippen molar-refractivity contribution < 1.29 is 4.74 Å². The SMILES string of the molecule is CC(C)Oc1ccnc(NCC2CCCCC2CN)n1. The molecule has 5 nitrogen and oxygen atoms in total. The van der Waals surface area contributed by atoms with E-state index in [1.165, 1.54) is 25.7 Å². The minimum atomic E-state index is 0.123. The maximum Gasteiger partial charge on any atom is 0.225 e. The fraction of sp³-hybridized carbons (Fsp3) is 0.733. The highest BCUT2D eigenvalue weighted by Crippen LogP contribution is 2.29. The van der Waals surface area contributed by atoms with Crippen LogP contribution in [0.4, 0.5) is 5.95 Å². The summed E-state index contributed by atoms with van der Waals surface area (Å²) in [4.78, 5) is 8.62. The van der Waals surface area contributed by atoms with E-state index in [4.69, 9.17) is 10.5 Å². The zero-order valence-corrected chi connectivity index (χ0v) is 12.5. The topological polar surface area (TPSA) is 73.1 Å². The van der Waals surface area contributed by atoms with E-state index in [0.717, 1.165) is 13.1 Å². The molecule has 0 radical (unpaired) electrons. The average molecular weight is 278 g/mol.